The van der Waals surface area contributed by atoms with Crippen molar-refractivity contribution in [1.29, 1.82) is 0 Å². The quantitative estimate of drug-likeness (QED) is 0.867. The fourth-order valence-corrected chi connectivity index (χ4v) is 2.96. The Morgan fingerprint density at radius 3 is 2.70 bits per heavy atom. The summed E-state index contributed by atoms with van der Waals surface area (Å²) in [5.41, 5.74) is 1.22. The highest BCUT2D eigenvalue weighted by atomic mass is 16.6. The molecule has 1 fully saturated rings. The van der Waals surface area contributed by atoms with E-state index < -0.39 is 5.60 Å². The molecule has 2 heterocycles. The second-order valence-electron chi connectivity index (χ2n) is 7.66. The molecule has 0 unspecified atom stereocenters. The van der Waals surface area contributed by atoms with Crippen LogP contribution in [0.25, 0.3) is 11.3 Å². The Kier molecular flexibility index (Phi) is 5.58. The zero-order valence-corrected chi connectivity index (χ0v) is 16.3. The van der Waals surface area contributed by atoms with Crippen LogP contribution in [0, 0.1) is 0 Å². The van der Waals surface area contributed by atoms with Crippen molar-refractivity contribution in [3.8, 4) is 17.0 Å². The number of rotatable bonds is 4. The van der Waals surface area contributed by atoms with Crippen LogP contribution in [0.1, 0.15) is 33.6 Å². The van der Waals surface area contributed by atoms with Gasteiger partial charge < -0.3 is 24.1 Å². The molecular weight excluding hydrogens is 346 g/mol. The average Bonchev–Trinajstić information content (AvgIpc) is 3.09. The van der Waals surface area contributed by atoms with Crippen molar-refractivity contribution in [1.82, 2.24) is 9.88 Å². The predicted molar refractivity (Wildman–Crippen MR) is 103 cm³/mol. The van der Waals surface area contributed by atoms with Crippen molar-refractivity contribution in [2.75, 3.05) is 25.5 Å². The van der Waals surface area contributed by atoms with Crippen molar-refractivity contribution in [3.05, 3.63) is 30.5 Å². The molecule has 146 valence electrons. The van der Waals surface area contributed by atoms with Gasteiger partial charge in [0.15, 0.2) is 0 Å². The summed E-state index contributed by atoms with van der Waals surface area (Å²) in [6.45, 7) is 6.93. The molecule has 3 rings (SSSR count). The van der Waals surface area contributed by atoms with Gasteiger partial charge in [-0.05, 0) is 45.7 Å². The molecule has 1 N–H and O–H groups in total. The van der Waals surface area contributed by atoms with E-state index in [1.165, 1.54) is 0 Å². The third-order valence-electron chi connectivity index (χ3n) is 4.34. The van der Waals surface area contributed by atoms with Gasteiger partial charge in [0, 0.05) is 24.7 Å². The molecule has 0 saturated carbocycles. The lowest BCUT2D eigenvalue weighted by molar-refractivity contribution is 0.0210. The number of hydrogen-bond acceptors (Lipinski definition) is 6. The van der Waals surface area contributed by atoms with Crippen molar-refractivity contribution in [3.63, 3.8) is 0 Å². The summed E-state index contributed by atoms with van der Waals surface area (Å²) in [5.74, 6) is 0.777. The van der Waals surface area contributed by atoms with Crippen LogP contribution in [0.4, 0.5) is 10.8 Å². The summed E-state index contributed by atoms with van der Waals surface area (Å²) >= 11 is 0. The first-order valence-corrected chi connectivity index (χ1v) is 9.18. The lowest BCUT2D eigenvalue weighted by atomic mass is 10.1. The Bertz CT molecular complexity index is 774. The van der Waals surface area contributed by atoms with Gasteiger partial charge in [-0.3, -0.25) is 0 Å². The number of benzene rings is 1. The topological polar surface area (TPSA) is 76.8 Å². The number of piperidine rings is 1. The Morgan fingerprint density at radius 2 is 2.04 bits per heavy atom. The number of amides is 1. The fourth-order valence-electron chi connectivity index (χ4n) is 2.96. The second-order valence-corrected chi connectivity index (χ2v) is 7.66. The minimum atomic E-state index is -0.471. The smallest absolute Gasteiger partial charge is 0.410 e. The molecule has 1 amide bonds. The van der Waals surface area contributed by atoms with E-state index in [0.29, 0.717) is 19.1 Å². The molecule has 1 aliphatic rings. The van der Waals surface area contributed by atoms with Gasteiger partial charge in [0.2, 0.25) is 0 Å². The molecule has 0 aliphatic carbocycles. The van der Waals surface area contributed by atoms with Crippen molar-refractivity contribution in [2.45, 2.75) is 45.3 Å². The SMILES string of the molecule is COc1cccc(-c2coc(NC3CCN(C(=O)OC(C)(C)C)CC3)n2)c1. The molecule has 1 aliphatic heterocycles. The third-order valence-corrected chi connectivity index (χ3v) is 4.34. The number of methoxy groups -OCH3 is 1. The maximum atomic E-state index is 12.1. The van der Waals surface area contributed by atoms with Crippen molar-refractivity contribution < 1.29 is 18.7 Å². The van der Waals surface area contributed by atoms with E-state index in [1.807, 2.05) is 45.0 Å². The average molecular weight is 373 g/mol. The highest BCUT2D eigenvalue weighted by Gasteiger charge is 2.27. The van der Waals surface area contributed by atoms with Gasteiger partial charge in [-0.15, -0.1) is 0 Å². The predicted octanol–water partition coefficient (Wildman–Crippen LogP) is 4.16. The van der Waals surface area contributed by atoms with Crippen LogP contribution in [0.15, 0.2) is 34.9 Å². The zero-order valence-electron chi connectivity index (χ0n) is 16.3. The number of carbonyl (C=O) groups excluding carboxylic acids is 1. The van der Waals surface area contributed by atoms with Crippen molar-refractivity contribution >= 4 is 12.1 Å². The van der Waals surface area contributed by atoms with E-state index in [9.17, 15) is 4.79 Å². The van der Waals surface area contributed by atoms with Crippen LogP contribution in [-0.4, -0.2) is 47.8 Å². The maximum absolute atomic E-state index is 12.1. The van der Waals surface area contributed by atoms with Gasteiger partial charge in [-0.25, -0.2) is 4.79 Å². The molecular formula is C20H27N3O4. The van der Waals surface area contributed by atoms with Crippen LogP contribution < -0.4 is 10.1 Å². The first-order chi connectivity index (χ1) is 12.8. The Hall–Kier alpha value is -2.70. The number of nitrogens with one attached hydrogen (secondary N) is 1. The summed E-state index contributed by atoms with van der Waals surface area (Å²) < 4.78 is 16.2. The van der Waals surface area contributed by atoms with Gasteiger partial charge in [-0.2, -0.15) is 4.98 Å². The van der Waals surface area contributed by atoms with Gasteiger partial charge in [0.25, 0.3) is 6.01 Å². The number of carbonyl (C=O) groups is 1. The van der Waals surface area contributed by atoms with Crippen LogP contribution in [-0.2, 0) is 4.74 Å². The molecule has 0 spiro atoms. The van der Waals surface area contributed by atoms with Crippen LogP contribution in [0.2, 0.25) is 0 Å². The van der Waals surface area contributed by atoms with Crippen molar-refractivity contribution in [2.24, 2.45) is 0 Å². The normalized spacial score (nSPS) is 15.5. The number of aromatic nitrogens is 1. The fraction of sp³-hybridized carbons (Fsp3) is 0.500. The lowest BCUT2D eigenvalue weighted by Crippen LogP contribution is -2.44. The standard InChI is InChI=1S/C20H27N3O4/c1-20(2,3)27-19(24)23-10-8-15(9-11-23)21-18-22-17(13-26-18)14-6-5-7-16(12-14)25-4/h5-7,12-13,15H,8-11H2,1-4H3,(H,21,22). The van der Waals surface area contributed by atoms with Crippen LogP contribution in [0.5, 0.6) is 5.75 Å². The molecule has 1 aromatic heterocycles. The molecule has 7 heteroatoms. The van der Waals surface area contributed by atoms with Gasteiger partial charge in [0.05, 0.1) is 7.11 Å². The molecule has 1 saturated heterocycles. The molecule has 1 aromatic carbocycles. The number of hydrogen-bond donors (Lipinski definition) is 1. The number of ether oxygens (including phenoxy) is 2. The molecule has 27 heavy (non-hydrogen) atoms. The van der Waals surface area contributed by atoms with E-state index in [2.05, 4.69) is 10.3 Å². The highest BCUT2D eigenvalue weighted by molar-refractivity contribution is 5.68. The molecule has 0 bridgehead atoms. The Balaban J connectivity index is 1.54. The van der Waals surface area contributed by atoms with Gasteiger partial charge >= 0.3 is 6.09 Å². The van der Waals surface area contributed by atoms with E-state index in [1.54, 1.807) is 18.3 Å². The van der Waals surface area contributed by atoms with E-state index in [4.69, 9.17) is 13.9 Å². The number of anilines is 1. The van der Waals surface area contributed by atoms with Gasteiger partial charge in [-0.1, -0.05) is 12.1 Å². The summed E-state index contributed by atoms with van der Waals surface area (Å²) in [7, 11) is 1.64. The van der Waals surface area contributed by atoms with E-state index in [0.717, 1.165) is 29.8 Å². The number of oxazole rings is 1. The highest BCUT2D eigenvalue weighted by Crippen LogP contribution is 2.25. The monoisotopic (exact) mass is 373 g/mol. The largest absolute Gasteiger partial charge is 0.497 e. The number of nitrogens with zero attached hydrogens (tertiary/aromatic N) is 2. The van der Waals surface area contributed by atoms with Crippen LogP contribution >= 0.6 is 0 Å². The van der Waals surface area contributed by atoms with E-state index in [-0.39, 0.29) is 12.1 Å². The molecule has 0 radical (unpaired) electrons. The lowest BCUT2D eigenvalue weighted by Gasteiger charge is -2.33. The Labute approximate surface area is 159 Å². The molecule has 0 atom stereocenters. The number of likely N-dealkylation sites (tertiary alicyclic amines) is 1. The third kappa shape index (κ3) is 5.15. The van der Waals surface area contributed by atoms with E-state index >= 15 is 0 Å². The maximum Gasteiger partial charge on any atom is 0.410 e. The summed E-state index contributed by atoms with van der Waals surface area (Å²) in [5, 5.41) is 3.32. The minimum Gasteiger partial charge on any atom is -0.497 e. The summed E-state index contributed by atoms with van der Waals surface area (Å²) in [6.07, 6.45) is 3.01. The van der Waals surface area contributed by atoms with Crippen LogP contribution in [0.3, 0.4) is 0 Å². The molecule has 7 nitrogen and oxygen atoms in total. The Morgan fingerprint density at radius 1 is 1.30 bits per heavy atom. The first kappa shape index (κ1) is 19.1. The summed E-state index contributed by atoms with van der Waals surface area (Å²) in [4.78, 5) is 18.4. The summed E-state index contributed by atoms with van der Waals surface area (Å²) in [6, 6.07) is 8.39. The van der Waals surface area contributed by atoms with Gasteiger partial charge in [0.1, 0.15) is 23.3 Å². The minimum absolute atomic E-state index is 0.209. The zero-order chi connectivity index (χ0) is 19.4. The first-order valence-electron chi connectivity index (χ1n) is 9.18. The second kappa shape index (κ2) is 7.90. The molecule has 2 aromatic rings.